The van der Waals surface area contributed by atoms with Crippen LogP contribution in [0.5, 0.6) is 11.5 Å². The summed E-state index contributed by atoms with van der Waals surface area (Å²) >= 11 is 2.14. The lowest BCUT2D eigenvalue weighted by atomic mass is 10.1. The predicted octanol–water partition coefficient (Wildman–Crippen LogP) is 1.76. The summed E-state index contributed by atoms with van der Waals surface area (Å²) in [4.78, 5) is 14.8. The van der Waals surface area contributed by atoms with Crippen LogP contribution >= 0.6 is 22.6 Å². The van der Waals surface area contributed by atoms with E-state index in [2.05, 4.69) is 32.8 Å². The van der Waals surface area contributed by atoms with Crippen molar-refractivity contribution in [2.45, 2.75) is 13.0 Å². The molecule has 0 aromatic heterocycles. The first-order valence-electron chi connectivity index (χ1n) is 7.57. The van der Waals surface area contributed by atoms with Crippen LogP contribution in [0.25, 0.3) is 0 Å². The van der Waals surface area contributed by atoms with Gasteiger partial charge in [-0.25, -0.2) is 0 Å². The molecule has 1 fully saturated rings. The topological polar surface area (TPSA) is 60.0 Å². The first-order valence-corrected chi connectivity index (χ1v) is 8.65. The van der Waals surface area contributed by atoms with Gasteiger partial charge in [0.2, 0.25) is 0 Å². The number of nitrogens with one attached hydrogen (secondary N) is 1. The van der Waals surface area contributed by atoms with Gasteiger partial charge >= 0.3 is 0 Å². The maximum Gasteiger partial charge on any atom is 0.252 e. The summed E-state index contributed by atoms with van der Waals surface area (Å²) in [5.74, 6) is 1.07. The Balaban J connectivity index is 2.01. The van der Waals surface area contributed by atoms with E-state index in [1.807, 2.05) is 6.92 Å². The molecule has 0 bridgehead atoms. The minimum atomic E-state index is -0.101. The van der Waals surface area contributed by atoms with Gasteiger partial charge in [0.25, 0.3) is 5.91 Å². The molecule has 1 heterocycles. The molecule has 0 spiro atoms. The Morgan fingerprint density at radius 1 is 1.30 bits per heavy atom. The number of hydrogen-bond donors (Lipinski definition) is 1. The second-order valence-corrected chi connectivity index (χ2v) is 6.64. The van der Waals surface area contributed by atoms with E-state index in [4.69, 9.17) is 14.2 Å². The molecule has 1 aromatic carbocycles. The molecule has 0 saturated carbocycles. The third-order valence-corrected chi connectivity index (χ3v) is 4.62. The van der Waals surface area contributed by atoms with E-state index in [0.717, 1.165) is 36.4 Å². The molecular weight excluding hydrogens is 411 g/mol. The van der Waals surface area contributed by atoms with Gasteiger partial charge in [-0.05, 0) is 41.6 Å². The van der Waals surface area contributed by atoms with Crippen molar-refractivity contribution in [1.29, 1.82) is 0 Å². The van der Waals surface area contributed by atoms with Gasteiger partial charge in [0.05, 0.1) is 33.0 Å². The van der Waals surface area contributed by atoms with Crippen LogP contribution in [0.1, 0.15) is 17.3 Å². The first kappa shape index (κ1) is 18.3. The molecule has 1 N–H and O–H groups in total. The first-order chi connectivity index (χ1) is 11.0. The Morgan fingerprint density at radius 3 is 2.52 bits per heavy atom. The number of morpholine rings is 1. The van der Waals surface area contributed by atoms with Gasteiger partial charge in [-0.3, -0.25) is 9.69 Å². The molecule has 1 atom stereocenters. The average molecular weight is 434 g/mol. The van der Waals surface area contributed by atoms with E-state index in [1.165, 1.54) is 0 Å². The van der Waals surface area contributed by atoms with E-state index in [-0.39, 0.29) is 11.9 Å². The van der Waals surface area contributed by atoms with Crippen LogP contribution in [0, 0.1) is 3.57 Å². The number of halogens is 1. The van der Waals surface area contributed by atoms with Crippen molar-refractivity contribution < 1.29 is 19.0 Å². The van der Waals surface area contributed by atoms with E-state index in [0.29, 0.717) is 17.1 Å². The Kier molecular flexibility index (Phi) is 6.91. The highest BCUT2D eigenvalue weighted by molar-refractivity contribution is 14.1. The fourth-order valence-electron chi connectivity index (χ4n) is 2.55. The summed E-state index contributed by atoms with van der Waals surface area (Å²) in [7, 11) is 3.14. The maximum absolute atomic E-state index is 12.5. The van der Waals surface area contributed by atoms with E-state index in [9.17, 15) is 4.79 Å². The number of rotatable bonds is 6. The number of nitrogens with zero attached hydrogens (tertiary/aromatic N) is 1. The molecule has 1 amide bonds. The van der Waals surface area contributed by atoms with Gasteiger partial charge in [0.1, 0.15) is 0 Å². The number of carbonyl (C=O) groups excluding carboxylic acids is 1. The third kappa shape index (κ3) is 4.95. The minimum absolute atomic E-state index is 0.0597. The molecule has 0 radical (unpaired) electrons. The number of methoxy groups -OCH3 is 2. The molecule has 7 heteroatoms. The Morgan fingerprint density at radius 2 is 1.91 bits per heavy atom. The highest BCUT2D eigenvalue weighted by atomic mass is 127. The second-order valence-electron chi connectivity index (χ2n) is 5.47. The van der Waals surface area contributed by atoms with Crippen molar-refractivity contribution in [2.75, 3.05) is 47.1 Å². The van der Waals surface area contributed by atoms with Crippen LogP contribution in [0.3, 0.4) is 0 Å². The van der Waals surface area contributed by atoms with Crippen molar-refractivity contribution in [3.8, 4) is 11.5 Å². The van der Waals surface area contributed by atoms with Crippen molar-refractivity contribution in [2.24, 2.45) is 0 Å². The summed E-state index contributed by atoms with van der Waals surface area (Å²) in [6, 6.07) is 3.59. The van der Waals surface area contributed by atoms with Crippen LogP contribution in [0.2, 0.25) is 0 Å². The summed E-state index contributed by atoms with van der Waals surface area (Å²) in [6.07, 6.45) is 0. The Labute approximate surface area is 150 Å². The van der Waals surface area contributed by atoms with E-state index in [1.54, 1.807) is 26.4 Å². The van der Waals surface area contributed by atoms with Gasteiger partial charge in [0, 0.05) is 29.2 Å². The van der Waals surface area contributed by atoms with Crippen LogP contribution < -0.4 is 14.8 Å². The van der Waals surface area contributed by atoms with Gasteiger partial charge in [-0.15, -0.1) is 0 Å². The van der Waals surface area contributed by atoms with Crippen molar-refractivity contribution in [3.63, 3.8) is 0 Å². The number of benzene rings is 1. The largest absolute Gasteiger partial charge is 0.493 e. The van der Waals surface area contributed by atoms with E-state index < -0.39 is 0 Å². The molecule has 2 rings (SSSR count). The smallest absolute Gasteiger partial charge is 0.252 e. The SMILES string of the molecule is COc1cc(I)c(C(=O)NC(C)CN2CCOCC2)cc1OC. The fraction of sp³-hybridized carbons (Fsp3) is 0.562. The van der Waals surface area contributed by atoms with Crippen molar-refractivity contribution in [1.82, 2.24) is 10.2 Å². The summed E-state index contributed by atoms with van der Waals surface area (Å²) in [5.41, 5.74) is 0.595. The van der Waals surface area contributed by atoms with Gasteiger partial charge in [-0.1, -0.05) is 0 Å². The highest BCUT2D eigenvalue weighted by Gasteiger charge is 2.19. The molecule has 1 aliphatic rings. The predicted molar refractivity (Wildman–Crippen MR) is 96.5 cm³/mol. The molecule has 23 heavy (non-hydrogen) atoms. The van der Waals surface area contributed by atoms with Crippen LogP contribution in [0.15, 0.2) is 12.1 Å². The van der Waals surface area contributed by atoms with Crippen molar-refractivity contribution in [3.05, 3.63) is 21.3 Å². The molecule has 128 valence electrons. The van der Waals surface area contributed by atoms with Crippen LogP contribution in [-0.2, 0) is 4.74 Å². The quantitative estimate of drug-likeness (QED) is 0.692. The van der Waals surface area contributed by atoms with Crippen molar-refractivity contribution >= 4 is 28.5 Å². The van der Waals surface area contributed by atoms with Crippen LogP contribution in [-0.4, -0.2) is 63.9 Å². The van der Waals surface area contributed by atoms with E-state index >= 15 is 0 Å². The third-order valence-electron chi connectivity index (χ3n) is 3.73. The number of carbonyl (C=O) groups is 1. The molecule has 1 unspecified atom stereocenters. The summed E-state index contributed by atoms with van der Waals surface area (Å²) in [6.45, 7) is 6.17. The van der Waals surface area contributed by atoms with Crippen LogP contribution in [0.4, 0.5) is 0 Å². The standard InChI is InChI=1S/C16H23IN2O4/c1-11(10-19-4-6-23-7-5-19)18-16(20)12-8-14(21-2)15(22-3)9-13(12)17/h8-9,11H,4-7,10H2,1-3H3,(H,18,20). The normalized spacial score (nSPS) is 16.7. The van der Waals surface area contributed by atoms with Gasteiger partial charge < -0.3 is 19.5 Å². The zero-order chi connectivity index (χ0) is 16.8. The monoisotopic (exact) mass is 434 g/mol. The second kappa shape index (κ2) is 8.70. The number of ether oxygens (including phenoxy) is 3. The Bertz CT molecular complexity index is 547. The lowest BCUT2D eigenvalue weighted by molar-refractivity contribution is 0.0342. The maximum atomic E-state index is 12.5. The number of amides is 1. The fourth-order valence-corrected chi connectivity index (χ4v) is 3.23. The lowest BCUT2D eigenvalue weighted by Gasteiger charge is -2.29. The zero-order valence-electron chi connectivity index (χ0n) is 13.7. The molecule has 1 aliphatic heterocycles. The van der Waals surface area contributed by atoms with Gasteiger partial charge in [0.15, 0.2) is 11.5 Å². The molecular formula is C16H23IN2O4. The average Bonchev–Trinajstić information content (AvgIpc) is 2.55. The highest BCUT2D eigenvalue weighted by Crippen LogP contribution is 2.31. The van der Waals surface area contributed by atoms with Gasteiger partial charge in [-0.2, -0.15) is 0 Å². The zero-order valence-corrected chi connectivity index (χ0v) is 15.9. The molecule has 6 nitrogen and oxygen atoms in total. The summed E-state index contributed by atoms with van der Waals surface area (Å²) < 4.78 is 16.7. The number of hydrogen-bond acceptors (Lipinski definition) is 5. The Hall–Kier alpha value is -1.06. The molecule has 1 saturated heterocycles. The minimum Gasteiger partial charge on any atom is -0.493 e. The molecule has 1 aromatic rings. The molecule has 0 aliphatic carbocycles. The summed E-state index contributed by atoms with van der Waals surface area (Å²) in [5, 5.41) is 3.05. The lowest BCUT2D eigenvalue weighted by Crippen LogP contribution is -2.46.